The summed E-state index contributed by atoms with van der Waals surface area (Å²) >= 11 is 0.951. The van der Waals surface area contributed by atoms with Gasteiger partial charge in [0.15, 0.2) is 0 Å². The molecule has 0 bridgehead atoms. The van der Waals surface area contributed by atoms with E-state index in [0.29, 0.717) is 5.56 Å². The van der Waals surface area contributed by atoms with Crippen LogP contribution in [0.15, 0.2) is 60.0 Å². The molecular formula is C26H20F5N3O4S. The number of hydrogen-bond acceptors (Lipinski definition) is 5. The standard InChI is InChI=1S/C26H20F5N3O4S/c1-13(14-7-9-15(10-8-14)25(36)37)32-23(35)20-21(22(27)28)33-34(2)24(20)38-16-11-19(39-12-16)17-5-3-4-6-18(17)26(29,30)31/h3-13,22H,1-2H3,(H,32,35)(H,36,37). The van der Waals surface area contributed by atoms with Crippen LogP contribution in [0.2, 0.25) is 0 Å². The Morgan fingerprint density at radius 1 is 1.10 bits per heavy atom. The lowest BCUT2D eigenvalue weighted by molar-refractivity contribution is -0.137. The fourth-order valence-electron chi connectivity index (χ4n) is 3.85. The zero-order valence-corrected chi connectivity index (χ0v) is 21.1. The lowest BCUT2D eigenvalue weighted by Crippen LogP contribution is -2.27. The molecule has 13 heteroatoms. The van der Waals surface area contributed by atoms with E-state index in [4.69, 9.17) is 9.84 Å². The van der Waals surface area contributed by atoms with Gasteiger partial charge in [-0.2, -0.15) is 18.3 Å². The summed E-state index contributed by atoms with van der Waals surface area (Å²) in [5.74, 6) is -2.36. The SMILES string of the molecule is CC(NC(=O)c1c(C(F)F)nn(C)c1Oc1csc(-c2ccccc2C(F)(F)F)c1)c1ccc(C(=O)O)cc1. The van der Waals surface area contributed by atoms with Crippen LogP contribution in [0, 0.1) is 0 Å². The predicted octanol–water partition coefficient (Wildman–Crippen LogP) is 7.09. The van der Waals surface area contributed by atoms with Gasteiger partial charge in [0.2, 0.25) is 5.88 Å². The Hall–Kier alpha value is -4.26. The number of carbonyl (C=O) groups excluding carboxylic acids is 1. The number of rotatable bonds is 8. The number of aromatic nitrogens is 2. The molecule has 0 saturated heterocycles. The van der Waals surface area contributed by atoms with Crippen molar-refractivity contribution in [1.82, 2.24) is 15.1 Å². The molecule has 0 aliphatic rings. The highest BCUT2D eigenvalue weighted by molar-refractivity contribution is 7.13. The average Bonchev–Trinajstić information content (AvgIpc) is 3.48. The number of benzene rings is 2. The molecule has 1 atom stereocenters. The molecule has 0 saturated carbocycles. The van der Waals surface area contributed by atoms with Gasteiger partial charge in [0, 0.05) is 22.9 Å². The normalized spacial score (nSPS) is 12.4. The number of aromatic carboxylic acids is 1. The minimum absolute atomic E-state index is 0.0298. The van der Waals surface area contributed by atoms with Gasteiger partial charge < -0.3 is 15.2 Å². The van der Waals surface area contributed by atoms with Crippen LogP contribution in [0.4, 0.5) is 22.0 Å². The van der Waals surface area contributed by atoms with Crippen molar-refractivity contribution in [3.8, 4) is 22.1 Å². The van der Waals surface area contributed by atoms with Crippen LogP contribution >= 0.6 is 11.3 Å². The first-order valence-corrected chi connectivity index (χ1v) is 12.2. The number of amides is 1. The number of halogens is 5. The van der Waals surface area contributed by atoms with Crippen molar-refractivity contribution in [3.05, 3.63) is 87.9 Å². The van der Waals surface area contributed by atoms with Gasteiger partial charge in [0.05, 0.1) is 17.2 Å². The summed E-state index contributed by atoms with van der Waals surface area (Å²) in [4.78, 5) is 24.4. The molecule has 1 amide bonds. The van der Waals surface area contributed by atoms with Crippen molar-refractivity contribution < 1.29 is 41.4 Å². The molecule has 204 valence electrons. The fraction of sp³-hybridized carbons (Fsp3) is 0.192. The minimum atomic E-state index is -4.59. The summed E-state index contributed by atoms with van der Waals surface area (Å²) in [6, 6.07) is 11.2. The van der Waals surface area contributed by atoms with E-state index in [9.17, 15) is 31.5 Å². The first kappa shape index (κ1) is 27.8. The molecule has 2 aromatic heterocycles. The lowest BCUT2D eigenvalue weighted by atomic mass is 10.1. The quantitative estimate of drug-likeness (QED) is 0.223. The van der Waals surface area contributed by atoms with E-state index >= 15 is 0 Å². The molecule has 0 aliphatic carbocycles. The Labute approximate surface area is 222 Å². The van der Waals surface area contributed by atoms with E-state index in [1.807, 2.05) is 0 Å². The highest BCUT2D eigenvalue weighted by atomic mass is 32.1. The van der Waals surface area contributed by atoms with Crippen molar-refractivity contribution in [2.24, 2.45) is 7.05 Å². The van der Waals surface area contributed by atoms with Crippen molar-refractivity contribution in [3.63, 3.8) is 0 Å². The van der Waals surface area contributed by atoms with Gasteiger partial charge >= 0.3 is 12.1 Å². The molecule has 4 rings (SSSR count). The third-order valence-corrected chi connectivity index (χ3v) is 6.69. The molecule has 2 heterocycles. The van der Waals surface area contributed by atoms with Crippen molar-refractivity contribution in [2.45, 2.75) is 25.6 Å². The van der Waals surface area contributed by atoms with Gasteiger partial charge in [-0.15, -0.1) is 11.3 Å². The zero-order valence-electron chi connectivity index (χ0n) is 20.3. The maximum Gasteiger partial charge on any atom is 0.417 e. The van der Waals surface area contributed by atoms with Crippen molar-refractivity contribution in [2.75, 3.05) is 0 Å². The lowest BCUT2D eigenvalue weighted by Gasteiger charge is -2.15. The van der Waals surface area contributed by atoms with E-state index < -0.39 is 47.3 Å². The van der Waals surface area contributed by atoms with Crippen LogP contribution < -0.4 is 10.1 Å². The van der Waals surface area contributed by atoms with Crippen LogP contribution in [0.3, 0.4) is 0 Å². The van der Waals surface area contributed by atoms with E-state index in [1.54, 1.807) is 6.92 Å². The Bertz CT molecular complexity index is 1510. The number of nitrogens with zero attached hydrogens (tertiary/aromatic N) is 2. The molecule has 1 unspecified atom stereocenters. The predicted molar refractivity (Wildman–Crippen MR) is 132 cm³/mol. The van der Waals surface area contributed by atoms with Crippen molar-refractivity contribution in [1.29, 1.82) is 0 Å². The molecular weight excluding hydrogens is 545 g/mol. The fourth-order valence-corrected chi connectivity index (χ4v) is 4.70. The van der Waals surface area contributed by atoms with Gasteiger partial charge in [-0.3, -0.25) is 4.79 Å². The van der Waals surface area contributed by atoms with Crippen LogP contribution in [0.5, 0.6) is 11.6 Å². The average molecular weight is 566 g/mol. The third-order valence-electron chi connectivity index (χ3n) is 5.75. The smallest absolute Gasteiger partial charge is 0.417 e. The maximum atomic E-state index is 13.8. The van der Waals surface area contributed by atoms with Crippen molar-refractivity contribution >= 4 is 23.2 Å². The number of nitrogens with one attached hydrogen (secondary N) is 1. The topological polar surface area (TPSA) is 93.5 Å². The number of ether oxygens (including phenoxy) is 1. The number of alkyl halides is 5. The largest absolute Gasteiger partial charge is 0.478 e. The molecule has 39 heavy (non-hydrogen) atoms. The maximum absolute atomic E-state index is 13.8. The van der Waals surface area contributed by atoms with Crippen LogP contribution in [-0.2, 0) is 13.2 Å². The number of aryl methyl sites for hydroxylation is 1. The first-order chi connectivity index (χ1) is 18.4. The first-order valence-electron chi connectivity index (χ1n) is 11.3. The molecule has 0 aliphatic heterocycles. The van der Waals surface area contributed by atoms with Crippen LogP contribution in [-0.4, -0.2) is 26.8 Å². The number of carboxylic acids is 1. The minimum Gasteiger partial charge on any atom is -0.478 e. The molecule has 0 fully saturated rings. The number of hydrogen-bond donors (Lipinski definition) is 2. The second-order valence-corrected chi connectivity index (χ2v) is 9.32. The summed E-state index contributed by atoms with van der Waals surface area (Å²) in [5, 5.41) is 16.7. The highest BCUT2D eigenvalue weighted by Gasteiger charge is 2.34. The summed E-state index contributed by atoms with van der Waals surface area (Å²) in [6.45, 7) is 1.58. The Morgan fingerprint density at radius 2 is 1.77 bits per heavy atom. The van der Waals surface area contributed by atoms with Gasteiger partial charge in [-0.05, 0) is 36.8 Å². The number of carboxylic acid groups (broad SMARTS) is 1. The van der Waals surface area contributed by atoms with E-state index in [-0.39, 0.29) is 27.6 Å². The summed E-state index contributed by atoms with van der Waals surface area (Å²) in [5.41, 5.74) is -1.74. The van der Waals surface area contributed by atoms with Gasteiger partial charge in [0.25, 0.3) is 12.3 Å². The zero-order chi connectivity index (χ0) is 28.5. The molecule has 7 nitrogen and oxygen atoms in total. The Balaban J connectivity index is 1.63. The summed E-state index contributed by atoms with van der Waals surface area (Å²) in [7, 11) is 1.29. The van der Waals surface area contributed by atoms with Gasteiger partial charge in [0.1, 0.15) is 17.0 Å². The Kier molecular flexibility index (Phi) is 7.72. The monoisotopic (exact) mass is 565 g/mol. The molecule has 2 N–H and O–H groups in total. The summed E-state index contributed by atoms with van der Waals surface area (Å²) < 4.78 is 74.7. The second kappa shape index (κ2) is 10.8. The molecule has 0 radical (unpaired) electrons. The van der Waals surface area contributed by atoms with Crippen LogP contribution in [0.25, 0.3) is 10.4 Å². The third kappa shape index (κ3) is 5.93. The second-order valence-electron chi connectivity index (χ2n) is 8.40. The van der Waals surface area contributed by atoms with Gasteiger partial charge in [-0.25, -0.2) is 18.3 Å². The Morgan fingerprint density at radius 3 is 2.38 bits per heavy atom. The number of carbonyl (C=O) groups is 2. The number of thiophene rings is 1. The summed E-state index contributed by atoms with van der Waals surface area (Å²) in [6.07, 6.45) is -7.72. The van der Waals surface area contributed by atoms with Crippen LogP contribution in [0.1, 0.15) is 56.9 Å². The molecule has 2 aromatic carbocycles. The molecule has 0 spiro atoms. The van der Waals surface area contributed by atoms with E-state index in [1.165, 1.54) is 61.0 Å². The van der Waals surface area contributed by atoms with Gasteiger partial charge in [-0.1, -0.05) is 30.3 Å². The highest BCUT2D eigenvalue weighted by Crippen LogP contribution is 2.42. The van der Waals surface area contributed by atoms with E-state index in [2.05, 4.69) is 10.4 Å². The molecule has 4 aromatic rings. The van der Waals surface area contributed by atoms with E-state index in [0.717, 1.165) is 22.1 Å².